The fraction of sp³-hybridized carbons (Fsp3) is 0.833. The van der Waals surface area contributed by atoms with Crippen LogP contribution in [0, 0.1) is 5.41 Å². The molecule has 7 nitrogen and oxygen atoms in total. The van der Waals surface area contributed by atoms with Crippen LogP contribution in [0.4, 0.5) is 0 Å². The van der Waals surface area contributed by atoms with Gasteiger partial charge in [0.15, 0.2) is 0 Å². The van der Waals surface area contributed by atoms with E-state index in [1.807, 2.05) is 0 Å². The molecule has 1 atom stereocenters. The summed E-state index contributed by atoms with van der Waals surface area (Å²) in [6, 6.07) is -1.05. The number of methoxy groups -OCH3 is 1. The van der Waals surface area contributed by atoms with Crippen molar-refractivity contribution in [1.82, 2.24) is 10.6 Å². The molecule has 1 rings (SSSR count). The van der Waals surface area contributed by atoms with Gasteiger partial charge in [0, 0.05) is 20.1 Å². The quantitative estimate of drug-likeness (QED) is 0.472. The Bertz CT molecular complexity index is 310. The van der Waals surface area contributed by atoms with Crippen LogP contribution >= 0.6 is 0 Å². The van der Waals surface area contributed by atoms with Gasteiger partial charge >= 0.3 is 5.97 Å². The number of hydrogen-bond donors (Lipinski definition) is 4. The molecule has 1 saturated heterocycles. The Morgan fingerprint density at radius 3 is 2.53 bits per heavy atom. The van der Waals surface area contributed by atoms with Crippen molar-refractivity contribution in [2.75, 3.05) is 33.4 Å². The Hall–Kier alpha value is -1.18. The highest BCUT2D eigenvalue weighted by Gasteiger charge is 2.41. The van der Waals surface area contributed by atoms with Crippen LogP contribution in [0.15, 0.2) is 0 Å². The summed E-state index contributed by atoms with van der Waals surface area (Å²) >= 11 is 0. The first-order chi connectivity index (χ1) is 9.05. The average Bonchev–Trinajstić information content (AvgIpc) is 2.39. The molecule has 0 saturated carbocycles. The molecule has 1 amide bonds. The summed E-state index contributed by atoms with van der Waals surface area (Å²) in [5.41, 5.74) is -0.677. The minimum absolute atomic E-state index is 0.00237. The minimum Gasteiger partial charge on any atom is -0.480 e. The van der Waals surface area contributed by atoms with Crippen LogP contribution < -0.4 is 10.6 Å². The van der Waals surface area contributed by atoms with Gasteiger partial charge in [0.1, 0.15) is 6.04 Å². The van der Waals surface area contributed by atoms with Gasteiger partial charge in [-0.25, -0.2) is 4.79 Å². The summed E-state index contributed by atoms with van der Waals surface area (Å²) in [5, 5.41) is 23.5. The predicted molar refractivity (Wildman–Crippen MR) is 67.7 cm³/mol. The fourth-order valence-corrected chi connectivity index (χ4v) is 2.32. The van der Waals surface area contributed by atoms with Crippen LogP contribution in [-0.2, 0) is 14.3 Å². The molecule has 1 aliphatic heterocycles. The van der Waals surface area contributed by atoms with Gasteiger partial charge in [-0.2, -0.15) is 0 Å². The van der Waals surface area contributed by atoms with Gasteiger partial charge in [-0.3, -0.25) is 4.79 Å². The molecular weight excluding hydrogens is 252 g/mol. The number of piperidine rings is 1. The van der Waals surface area contributed by atoms with E-state index in [1.165, 1.54) is 7.11 Å². The van der Waals surface area contributed by atoms with Crippen LogP contribution in [0.2, 0.25) is 0 Å². The summed E-state index contributed by atoms with van der Waals surface area (Å²) in [4.78, 5) is 23.3. The normalized spacial score (nSPS) is 19.7. The number of aliphatic carboxylic acids is 1. The molecule has 110 valence electrons. The topological polar surface area (TPSA) is 108 Å². The number of amides is 1. The van der Waals surface area contributed by atoms with Gasteiger partial charge < -0.3 is 25.6 Å². The van der Waals surface area contributed by atoms with E-state index in [9.17, 15) is 9.59 Å². The summed E-state index contributed by atoms with van der Waals surface area (Å²) in [6.07, 6.45) is 1.22. The number of aliphatic hydroxyl groups is 1. The van der Waals surface area contributed by atoms with Crippen molar-refractivity contribution >= 4 is 11.9 Å². The third-order valence-corrected chi connectivity index (χ3v) is 3.48. The summed E-state index contributed by atoms with van der Waals surface area (Å²) in [6.45, 7) is 1.39. The van der Waals surface area contributed by atoms with Gasteiger partial charge in [-0.1, -0.05) is 0 Å². The van der Waals surface area contributed by atoms with Crippen LogP contribution in [-0.4, -0.2) is 61.5 Å². The van der Waals surface area contributed by atoms with Crippen molar-refractivity contribution in [3.8, 4) is 0 Å². The lowest BCUT2D eigenvalue weighted by molar-refractivity contribution is -0.146. The van der Waals surface area contributed by atoms with Crippen molar-refractivity contribution in [1.29, 1.82) is 0 Å². The molecule has 4 N–H and O–H groups in total. The van der Waals surface area contributed by atoms with E-state index < -0.39 is 17.4 Å². The first-order valence-electron chi connectivity index (χ1n) is 6.40. The molecular formula is C12H22N2O5. The second kappa shape index (κ2) is 7.42. The summed E-state index contributed by atoms with van der Waals surface area (Å²) in [5.74, 6) is -1.44. The van der Waals surface area contributed by atoms with E-state index in [-0.39, 0.29) is 25.5 Å². The molecule has 1 heterocycles. The molecule has 0 bridgehead atoms. The molecule has 0 aromatic heterocycles. The highest BCUT2D eigenvalue weighted by atomic mass is 16.5. The van der Waals surface area contributed by atoms with Gasteiger partial charge in [-0.15, -0.1) is 0 Å². The molecule has 7 heteroatoms. The second-order valence-corrected chi connectivity index (χ2v) is 4.84. The van der Waals surface area contributed by atoms with Crippen molar-refractivity contribution in [2.24, 2.45) is 5.41 Å². The zero-order valence-electron chi connectivity index (χ0n) is 11.1. The Kier molecular flexibility index (Phi) is 6.20. The number of carbonyl (C=O) groups is 2. The molecule has 0 unspecified atom stereocenters. The van der Waals surface area contributed by atoms with Crippen molar-refractivity contribution < 1.29 is 24.5 Å². The lowest BCUT2D eigenvalue weighted by atomic mass is 9.78. The first kappa shape index (κ1) is 15.9. The fourth-order valence-electron chi connectivity index (χ4n) is 2.32. The minimum atomic E-state index is -1.14. The molecule has 0 aromatic rings. The third-order valence-electron chi connectivity index (χ3n) is 3.48. The highest BCUT2D eigenvalue weighted by molar-refractivity contribution is 5.87. The van der Waals surface area contributed by atoms with Gasteiger partial charge in [0.2, 0.25) is 5.91 Å². The number of carboxylic acids is 1. The highest BCUT2D eigenvalue weighted by Crippen LogP contribution is 2.29. The van der Waals surface area contributed by atoms with Crippen molar-refractivity contribution in [3.05, 3.63) is 0 Å². The number of rotatable bonds is 7. The maximum Gasteiger partial charge on any atom is 0.326 e. The maximum absolute atomic E-state index is 12.3. The number of carbonyl (C=O) groups excluding carboxylic acids is 1. The van der Waals surface area contributed by atoms with E-state index in [1.54, 1.807) is 0 Å². The lowest BCUT2D eigenvalue weighted by Gasteiger charge is -2.36. The third kappa shape index (κ3) is 4.15. The molecule has 0 aromatic carbocycles. The summed E-state index contributed by atoms with van der Waals surface area (Å²) in [7, 11) is 1.53. The van der Waals surface area contributed by atoms with E-state index in [0.29, 0.717) is 25.9 Å². The van der Waals surface area contributed by atoms with E-state index in [0.717, 1.165) is 0 Å². The van der Waals surface area contributed by atoms with Crippen LogP contribution in [0.25, 0.3) is 0 Å². The number of aliphatic hydroxyl groups excluding tert-OH is 1. The first-order valence-corrected chi connectivity index (χ1v) is 6.40. The Morgan fingerprint density at radius 1 is 1.42 bits per heavy atom. The van der Waals surface area contributed by atoms with E-state index >= 15 is 0 Å². The van der Waals surface area contributed by atoms with E-state index in [4.69, 9.17) is 14.9 Å². The molecule has 0 aliphatic carbocycles. The zero-order chi connectivity index (χ0) is 14.3. The van der Waals surface area contributed by atoms with Crippen molar-refractivity contribution in [3.63, 3.8) is 0 Å². The van der Waals surface area contributed by atoms with Gasteiger partial charge in [-0.05, 0) is 25.9 Å². The van der Waals surface area contributed by atoms with Crippen LogP contribution in [0.3, 0.4) is 0 Å². The zero-order valence-corrected chi connectivity index (χ0v) is 11.1. The Labute approximate surface area is 112 Å². The van der Waals surface area contributed by atoms with Gasteiger partial charge in [0.05, 0.1) is 12.0 Å². The van der Waals surface area contributed by atoms with Crippen molar-refractivity contribution in [2.45, 2.75) is 25.3 Å². The van der Waals surface area contributed by atoms with Crippen LogP contribution in [0.1, 0.15) is 19.3 Å². The smallest absolute Gasteiger partial charge is 0.326 e. The Morgan fingerprint density at radius 2 is 2.05 bits per heavy atom. The summed E-state index contributed by atoms with van der Waals surface area (Å²) < 4.78 is 5.12. The second-order valence-electron chi connectivity index (χ2n) is 4.84. The maximum atomic E-state index is 12.3. The molecule has 1 fully saturated rings. The number of ether oxygens (including phenoxy) is 1. The Balaban J connectivity index is 2.73. The predicted octanol–water partition coefficient (Wildman–Crippen LogP) is -1.05. The number of carboxylic acid groups (broad SMARTS) is 1. The number of nitrogens with one attached hydrogen (secondary N) is 2. The van der Waals surface area contributed by atoms with E-state index in [2.05, 4.69) is 10.6 Å². The SMILES string of the molecule is COCC1(C(=O)N[C@@H](CCO)C(=O)O)CCNCC1. The number of hydrogen-bond acceptors (Lipinski definition) is 5. The standard InChI is InChI=1S/C12H22N2O5/c1-19-8-12(3-5-13-6-4-12)11(18)14-9(2-7-15)10(16)17/h9,13,15H,2-8H2,1H3,(H,14,18)(H,16,17)/t9-/m0/s1. The van der Waals surface area contributed by atoms with Gasteiger partial charge in [0.25, 0.3) is 0 Å². The molecule has 19 heavy (non-hydrogen) atoms. The molecule has 1 aliphatic rings. The lowest BCUT2D eigenvalue weighted by Crippen LogP contribution is -2.54. The molecule has 0 spiro atoms. The average molecular weight is 274 g/mol. The largest absolute Gasteiger partial charge is 0.480 e. The van der Waals surface area contributed by atoms with Crippen LogP contribution in [0.5, 0.6) is 0 Å². The molecule has 0 radical (unpaired) electrons. The monoisotopic (exact) mass is 274 g/mol.